The molecule has 1 N–H and O–H groups in total. The second-order valence-corrected chi connectivity index (χ2v) is 8.46. The van der Waals surface area contributed by atoms with Gasteiger partial charge in [-0.1, -0.05) is 18.2 Å². The number of carbonyl (C=O) groups is 2. The van der Waals surface area contributed by atoms with Crippen molar-refractivity contribution in [1.29, 1.82) is 0 Å². The number of alkyl halides is 6. The van der Waals surface area contributed by atoms with Crippen LogP contribution < -0.4 is 14.8 Å². The minimum atomic E-state index is -5.05. The van der Waals surface area contributed by atoms with Gasteiger partial charge >= 0.3 is 18.3 Å². The first kappa shape index (κ1) is 28.9. The van der Waals surface area contributed by atoms with Crippen molar-refractivity contribution in [3.05, 3.63) is 70.8 Å². The number of esters is 1. The van der Waals surface area contributed by atoms with E-state index >= 15 is 0 Å². The molecular weight excluding hydrogens is 520 g/mol. The summed E-state index contributed by atoms with van der Waals surface area (Å²) in [6, 6.07) is 4.68. The van der Waals surface area contributed by atoms with Gasteiger partial charge in [0.2, 0.25) is 0 Å². The number of halogens is 6. The second kappa shape index (κ2) is 11.4. The van der Waals surface area contributed by atoms with Crippen molar-refractivity contribution >= 4 is 11.9 Å². The van der Waals surface area contributed by atoms with E-state index in [4.69, 9.17) is 14.2 Å². The number of amides is 1. The van der Waals surface area contributed by atoms with Gasteiger partial charge < -0.3 is 19.5 Å². The Morgan fingerprint density at radius 2 is 1.63 bits per heavy atom. The maximum atomic E-state index is 13.4. The molecule has 0 aromatic heterocycles. The lowest BCUT2D eigenvalue weighted by Gasteiger charge is -2.23. The van der Waals surface area contributed by atoms with Crippen molar-refractivity contribution in [2.45, 2.75) is 37.7 Å². The lowest BCUT2D eigenvalue weighted by atomic mass is 9.85. The van der Waals surface area contributed by atoms with Crippen LogP contribution in [-0.2, 0) is 21.9 Å². The Kier molecular flexibility index (Phi) is 8.63. The molecule has 12 heteroatoms. The van der Waals surface area contributed by atoms with E-state index in [2.05, 4.69) is 5.32 Å². The van der Waals surface area contributed by atoms with Gasteiger partial charge in [0.1, 0.15) is 0 Å². The number of carbonyl (C=O) groups excluding carboxylic acids is 2. The topological polar surface area (TPSA) is 73.9 Å². The van der Waals surface area contributed by atoms with Crippen LogP contribution in [0.5, 0.6) is 11.5 Å². The van der Waals surface area contributed by atoms with E-state index in [1.807, 2.05) is 0 Å². The first-order chi connectivity index (χ1) is 17.8. The molecule has 0 fully saturated rings. The third kappa shape index (κ3) is 6.40. The van der Waals surface area contributed by atoms with Crippen LogP contribution in [0.1, 0.15) is 46.3 Å². The molecule has 1 aliphatic carbocycles. The van der Waals surface area contributed by atoms with Crippen LogP contribution in [0.2, 0.25) is 0 Å². The van der Waals surface area contributed by atoms with Crippen molar-refractivity contribution in [3.63, 3.8) is 0 Å². The van der Waals surface area contributed by atoms with Gasteiger partial charge in [-0.2, -0.15) is 26.3 Å². The zero-order valence-electron chi connectivity index (χ0n) is 20.6. The number of hydrogen-bond acceptors (Lipinski definition) is 5. The molecular formula is C26H25F6NO5. The van der Waals surface area contributed by atoms with Crippen molar-refractivity contribution in [3.8, 4) is 11.5 Å². The van der Waals surface area contributed by atoms with Crippen LogP contribution in [0.15, 0.2) is 48.6 Å². The number of benzene rings is 2. The molecule has 0 unspecified atom stereocenters. The zero-order chi connectivity index (χ0) is 28.3. The lowest BCUT2D eigenvalue weighted by molar-refractivity contribution is -0.146. The molecule has 2 aromatic carbocycles. The van der Waals surface area contributed by atoms with E-state index < -0.39 is 58.8 Å². The maximum Gasteiger partial charge on any atom is 0.417 e. The van der Waals surface area contributed by atoms with Crippen molar-refractivity contribution in [2.24, 2.45) is 5.92 Å². The molecule has 0 radical (unpaired) electrons. The normalized spacial score (nSPS) is 18.1. The van der Waals surface area contributed by atoms with Gasteiger partial charge in [-0.15, -0.1) is 0 Å². The average Bonchev–Trinajstić information content (AvgIpc) is 3.30. The molecule has 0 heterocycles. The summed E-state index contributed by atoms with van der Waals surface area (Å²) in [5.74, 6) is -2.51. The molecule has 0 saturated heterocycles. The van der Waals surface area contributed by atoms with E-state index in [-0.39, 0.29) is 31.2 Å². The Balaban J connectivity index is 1.86. The van der Waals surface area contributed by atoms with Crippen molar-refractivity contribution < 1.29 is 50.1 Å². The van der Waals surface area contributed by atoms with E-state index in [1.54, 1.807) is 31.2 Å². The fourth-order valence-electron chi connectivity index (χ4n) is 4.32. The molecule has 3 atom stereocenters. The molecule has 2 aromatic rings. The van der Waals surface area contributed by atoms with Crippen molar-refractivity contribution in [2.75, 3.05) is 20.8 Å². The zero-order valence-corrected chi connectivity index (χ0v) is 20.6. The van der Waals surface area contributed by atoms with Gasteiger partial charge in [0.05, 0.1) is 43.4 Å². The Morgan fingerprint density at radius 3 is 2.21 bits per heavy atom. The molecule has 0 aliphatic heterocycles. The lowest BCUT2D eigenvalue weighted by Crippen LogP contribution is -2.35. The first-order valence-electron chi connectivity index (χ1n) is 11.5. The predicted octanol–water partition coefficient (Wildman–Crippen LogP) is 5.76. The smallest absolute Gasteiger partial charge is 0.417 e. The molecule has 3 rings (SSSR count). The Bertz CT molecular complexity index is 1210. The van der Waals surface area contributed by atoms with Gasteiger partial charge in [0, 0.05) is 6.04 Å². The molecule has 0 saturated carbocycles. The molecule has 38 heavy (non-hydrogen) atoms. The number of methoxy groups -OCH3 is 2. The predicted molar refractivity (Wildman–Crippen MR) is 124 cm³/mol. The Hall–Kier alpha value is -3.70. The monoisotopic (exact) mass is 545 g/mol. The molecule has 1 aliphatic rings. The first-order valence-corrected chi connectivity index (χ1v) is 11.5. The molecule has 0 bridgehead atoms. The third-order valence-electron chi connectivity index (χ3n) is 6.07. The summed E-state index contributed by atoms with van der Waals surface area (Å²) in [5, 5.41) is 2.34. The van der Waals surface area contributed by atoms with Gasteiger partial charge in [-0.05, 0) is 55.2 Å². The van der Waals surface area contributed by atoms with E-state index in [1.165, 1.54) is 20.3 Å². The van der Waals surface area contributed by atoms with Crippen LogP contribution in [0.3, 0.4) is 0 Å². The van der Waals surface area contributed by atoms with E-state index in [0.29, 0.717) is 17.1 Å². The average molecular weight is 545 g/mol. The fraction of sp³-hybridized carbons (Fsp3) is 0.385. The fourth-order valence-corrected chi connectivity index (χ4v) is 4.32. The van der Waals surface area contributed by atoms with Crippen LogP contribution in [0.4, 0.5) is 26.3 Å². The van der Waals surface area contributed by atoms with E-state index in [0.717, 1.165) is 0 Å². The van der Waals surface area contributed by atoms with Crippen LogP contribution in [-0.4, -0.2) is 38.7 Å². The molecule has 0 spiro atoms. The number of nitrogens with one attached hydrogen (secondary N) is 1. The quantitative estimate of drug-likeness (QED) is 0.259. The van der Waals surface area contributed by atoms with E-state index in [9.17, 15) is 35.9 Å². The molecule has 206 valence electrons. The van der Waals surface area contributed by atoms with Crippen LogP contribution in [0.25, 0.3) is 0 Å². The minimum absolute atomic E-state index is 0.0872. The van der Waals surface area contributed by atoms with Gasteiger partial charge in [0.25, 0.3) is 5.91 Å². The highest BCUT2D eigenvalue weighted by molar-refractivity contribution is 5.96. The highest BCUT2D eigenvalue weighted by Gasteiger charge is 2.40. The Morgan fingerprint density at radius 1 is 0.947 bits per heavy atom. The molecule has 6 nitrogen and oxygen atoms in total. The third-order valence-corrected chi connectivity index (χ3v) is 6.07. The second-order valence-electron chi connectivity index (χ2n) is 8.46. The number of hydrogen-bond donors (Lipinski definition) is 1. The van der Waals surface area contributed by atoms with Gasteiger partial charge in [0.15, 0.2) is 11.5 Å². The van der Waals surface area contributed by atoms with Gasteiger partial charge in [-0.3, -0.25) is 9.59 Å². The summed E-state index contributed by atoms with van der Waals surface area (Å²) in [6.45, 7) is 1.72. The number of allylic oxidation sites excluding steroid dienone is 1. The summed E-state index contributed by atoms with van der Waals surface area (Å²) < 4.78 is 95.4. The summed E-state index contributed by atoms with van der Waals surface area (Å²) >= 11 is 0. The number of rotatable bonds is 8. The summed E-state index contributed by atoms with van der Waals surface area (Å²) in [5.41, 5.74) is -3.51. The summed E-state index contributed by atoms with van der Waals surface area (Å²) in [6.07, 6.45) is -6.81. The SMILES string of the molecule is CCOC(=O)[C@H](c1ccc(OC)c(OC)c1)[C@@H]1C=C[C@H](NC(=O)c2cc(C(F)(F)F)ccc2C(F)(F)F)C1. The standard InChI is InChI=1S/C26H25F6NO5/c1-4-38-24(35)22(15-6-10-20(36-2)21(12-15)37-3)14-5-8-17(11-14)33-23(34)18-13-16(25(27,28)29)7-9-19(18)26(30,31)32/h5-10,12-14,17,22H,4,11H2,1-3H3,(H,33,34)/t14-,17+,22+/m1/s1. The maximum absolute atomic E-state index is 13.4. The molecule has 1 amide bonds. The highest BCUT2D eigenvalue weighted by atomic mass is 19.4. The van der Waals surface area contributed by atoms with Crippen molar-refractivity contribution in [1.82, 2.24) is 5.32 Å². The Labute approximate surface area is 214 Å². The summed E-state index contributed by atoms with van der Waals surface area (Å²) in [4.78, 5) is 25.6. The van der Waals surface area contributed by atoms with Gasteiger partial charge in [-0.25, -0.2) is 0 Å². The summed E-state index contributed by atoms with van der Waals surface area (Å²) in [7, 11) is 2.87. The largest absolute Gasteiger partial charge is 0.493 e. The minimum Gasteiger partial charge on any atom is -0.493 e. The van der Waals surface area contributed by atoms with Crippen LogP contribution in [0, 0.1) is 5.92 Å². The van der Waals surface area contributed by atoms with Crippen LogP contribution >= 0.6 is 0 Å². The highest BCUT2D eigenvalue weighted by Crippen LogP contribution is 2.39. The number of ether oxygens (including phenoxy) is 3.